The van der Waals surface area contributed by atoms with E-state index in [1.54, 1.807) is 6.20 Å². The van der Waals surface area contributed by atoms with Crippen molar-refractivity contribution in [2.24, 2.45) is 0 Å². The van der Waals surface area contributed by atoms with Crippen molar-refractivity contribution in [3.8, 4) is 11.4 Å². The number of benzene rings is 1. The number of aromatic nitrogens is 3. The van der Waals surface area contributed by atoms with Crippen molar-refractivity contribution < 1.29 is 9.53 Å². The van der Waals surface area contributed by atoms with E-state index < -0.39 is 5.60 Å². The lowest BCUT2D eigenvalue weighted by Gasteiger charge is -2.44. The van der Waals surface area contributed by atoms with Crippen molar-refractivity contribution >= 4 is 17.2 Å². The van der Waals surface area contributed by atoms with Crippen LogP contribution in [0.15, 0.2) is 42.7 Å². The SMILES string of the molecule is Cc1ncc(C(=O)N2CCC3(CC2)OCCc2cnc(-c4ccccc4)nc23)s1. The molecule has 0 radical (unpaired) electrons. The number of piperidine rings is 1. The van der Waals surface area contributed by atoms with Gasteiger partial charge in [-0.25, -0.2) is 15.0 Å². The predicted molar refractivity (Wildman–Crippen MR) is 111 cm³/mol. The number of carbonyl (C=O) groups is 1. The van der Waals surface area contributed by atoms with Crippen molar-refractivity contribution in [2.45, 2.75) is 31.8 Å². The molecule has 0 aliphatic carbocycles. The number of hydrogen-bond donors (Lipinski definition) is 0. The Kier molecular flexibility index (Phi) is 4.64. The van der Waals surface area contributed by atoms with Crippen molar-refractivity contribution in [1.29, 1.82) is 0 Å². The summed E-state index contributed by atoms with van der Waals surface area (Å²) in [7, 11) is 0. The van der Waals surface area contributed by atoms with E-state index in [0.29, 0.717) is 24.6 Å². The lowest BCUT2D eigenvalue weighted by atomic mass is 9.83. The maximum atomic E-state index is 12.8. The molecule has 0 unspecified atom stereocenters. The minimum Gasteiger partial charge on any atom is -0.368 e. The molecule has 1 saturated heterocycles. The zero-order valence-electron chi connectivity index (χ0n) is 16.3. The van der Waals surface area contributed by atoms with E-state index in [1.807, 2.05) is 48.4 Å². The number of aryl methyl sites for hydroxylation is 1. The molecule has 5 rings (SSSR count). The second kappa shape index (κ2) is 7.31. The number of rotatable bonds is 2. The first-order valence-electron chi connectivity index (χ1n) is 9.92. The van der Waals surface area contributed by atoms with E-state index in [1.165, 1.54) is 11.3 Å². The number of fused-ring (bicyclic) bond motifs is 2. The smallest absolute Gasteiger partial charge is 0.265 e. The molecule has 3 aromatic rings. The molecular formula is C22H22N4O2S. The predicted octanol–water partition coefficient (Wildman–Crippen LogP) is 3.61. The Morgan fingerprint density at radius 1 is 1.14 bits per heavy atom. The summed E-state index contributed by atoms with van der Waals surface area (Å²) in [6, 6.07) is 10.0. The number of carbonyl (C=O) groups excluding carboxylic acids is 1. The summed E-state index contributed by atoms with van der Waals surface area (Å²) in [5.41, 5.74) is 2.73. The largest absolute Gasteiger partial charge is 0.368 e. The summed E-state index contributed by atoms with van der Waals surface area (Å²) in [6.45, 7) is 3.90. The summed E-state index contributed by atoms with van der Waals surface area (Å²) < 4.78 is 6.32. The highest BCUT2D eigenvalue weighted by Crippen LogP contribution is 2.41. The van der Waals surface area contributed by atoms with Crippen LogP contribution in [0.25, 0.3) is 11.4 Å². The molecule has 0 N–H and O–H groups in total. The molecule has 4 heterocycles. The van der Waals surface area contributed by atoms with Gasteiger partial charge in [0.05, 0.1) is 23.5 Å². The van der Waals surface area contributed by atoms with Gasteiger partial charge in [-0.3, -0.25) is 4.79 Å². The van der Waals surface area contributed by atoms with Gasteiger partial charge in [-0.15, -0.1) is 11.3 Å². The first-order chi connectivity index (χ1) is 14.1. The van der Waals surface area contributed by atoms with Crippen LogP contribution < -0.4 is 0 Å². The van der Waals surface area contributed by atoms with Crippen molar-refractivity contribution in [1.82, 2.24) is 19.9 Å². The molecule has 1 fully saturated rings. The molecule has 2 aliphatic rings. The van der Waals surface area contributed by atoms with Crippen LogP contribution >= 0.6 is 11.3 Å². The third-order valence-corrected chi connectivity index (χ3v) is 6.67. The lowest BCUT2D eigenvalue weighted by molar-refractivity contribution is -0.0966. The molecule has 1 aromatic carbocycles. The molecule has 0 saturated carbocycles. The average Bonchev–Trinajstić information content (AvgIpc) is 3.21. The molecule has 0 atom stereocenters. The van der Waals surface area contributed by atoms with Gasteiger partial charge < -0.3 is 9.64 Å². The lowest BCUT2D eigenvalue weighted by Crippen LogP contribution is -2.48. The van der Waals surface area contributed by atoms with Crippen molar-refractivity contribution in [2.75, 3.05) is 19.7 Å². The van der Waals surface area contributed by atoms with Crippen LogP contribution in [0.5, 0.6) is 0 Å². The van der Waals surface area contributed by atoms with Crippen LogP contribution in [0.2, 0.25) is 0 Å². The fraction of sp³-hybridized carbons (Fsp3) is 0.364. The molecule has 0 bridgehead atoms. The van der Waals surface area contributed by atoms with Gasteiger partial charge in [0.1, 0.15) is 10.5 Å². The summed E-state index contributed by atoms with van der Waals surface area (Å²) in [6.07, 6.45) is 5.95. The molecule has 1 amide bonds. The molecule has 29 heavy (non-hydrogen) atoms. The van der Waals surface area contributed by atoms with Gasteiger partial charge in [-0.2, -0.15) is 0 Å². The Labute approximate surface area is 173 Å². The maximum Gasteiger partial charge on any atom is 0.265 e. The highest BCUT2D eigenvalue weighted by Gasteiger charge is 2.43. The number of thiazole rings is 1. The topological polar surface area (TPSA) is 68.2 Å². The molecule has 2 aliphatic heterocycles. The fourth-order valence-electron chi connectivity index (χ4n) is 4.20. The number of hydrogen-bond acceptors (Lipinski definition) is 6. The quantitative estimate of drug-likeness (QED) is 0.650. The number of likely N-dealkylation sites (tertiary alicyclic amines) is 1. The monoisotopic (exact) mass is 406 g/mol. The molecule has 148 valence electrons. The Bertz CT molecular complexity index is 1040. The Hall–Kier alpha value is -2.64. The Morgan fingerprint density at radius 2 is 1.93 bits per heavy atom. The van der Waals surface area contributed by atoms with E-state index in [4.69, 9.17) is 9.72 Å². The first-order valence-corrected chi connectivity index (χ1v) is 10.7. The molecule has 2 aromatic heterocycles. The summed E-state index contributed by atoms with van der Waals surface area (Å²) in [4.78, 5) is 29.2. The fourth-order valence-corrected chi connectivity index (χ4v) is 4.95. The van der Waals surface area contributed by atoms with Crippen molar-refractivity contribution in [3.63, 3.8) is 0 Å². The van der Waals surface area contributed by atoms with E-state index in [9.17, 15) is 4.79 Å². The highest BCUT2D eigenvalue weighted by molar-refractivity contribution is 7.13. The molecule has 1 spiro atoms. The Balaban J connectivity index is 1.41. The van der Waals surface area contributed by atoms with Gasteiger partial charge in [0.2, 0.25) is 0 Å². The van der Waals surface area contributed by atoms with E-state index in [0.717, 1.165) is 46.9 Å². The standard InChI is InChI=1S/C22H22N4O2S/c1-15-23-14-18(29-15)21(27)26-10-8-22(9-11-26)19-17(7-12-28-22)13-24-20(25-19)16-5-3-2-4-6-16/h2-6,13-14H,7-12H2,1H3. The number of ether oxygens (including phenoxy) is 1. The summed E-state index contributed by atoms with van der Waals surface area (Å²) in [5.74, 6) is 0.794. The minimum atomic E-state index is -0.430. The summed E-state index contributed by atoms with van der Waals surface area (Å²) in [5, 5.41) is 0.913. The van der Waals surface area contributed by atoms with Crippen LogP contribution in [0, 0.1) is 6.92 Å². The zero-order chi connectivity index (χ0) is 19.8. The van der Waals surface area contributed by atoms with Gasteiger partial charge in [-0.05, 0) is 31.7 Å². The second-order valence-electron chi connectivity index (χ2n) is 7.56. The first kappa shape index (κ1) is 18.4. The van der Waals surface area contributed by atoms with Gasteiger partial charge in [0.25, 0.3) is 5.91 Å². The third-order valence-electron chi connectivity index (χ3n) is 5.77. The van der Waals surface area contributed by atoms with E-state index in [2.05, 4.69) is 9.97 Å². The Morgan fingerprint density at radius 3 is 2.66 bits per heavy atom. The van der Waals surface area contributed by atoms with Crippen LogP contribution in [-0.4, -0.2) is 45.5 Å². The normalized spacial score (nSPS) is 17.9. The van der Waals surface area contributed by atoms with Gasteiger partial charge >= 0.3 is 0 Å². The molecular weight excluding hydrogens is 384 g/mol. The van der Waals surface area contributed by atoms with E-state index >= 15 is 0 Å². The second-order valence-corrected chi connectivity index (χ2v) is 8.80. The van der Waals surface area contributed by atoms with E-state index in [-0.39, 0.29) is 5.91 Å². The average molecular weight is 407 g/mol. The highest BCUT2D eigenvalue weighted by atomic mass is 32.1. The van der Waals surface area contributed by atoms with Gasteiger partial charge in [-0.1, -0.05) is 30.3 Å². The van der Waals surface area contributed by atoms with Gasteiger partial charge in [0, 0.05) is 24.8 Å². The molecule has 6 nitrogen and oxygen atoms in total. The molecule has 7 heteroatoms. The zero-order valence-corrected chi connectivity index (χ0v) is 17.1. The maximum absolute atomic E-state index is 12.8. The summed E-state index contributed by atoms with van der Waals surface area (Å²) >= 11 is 1.45. The number of nitrogens with zero attached hydrogens (tertiary/aromatic N) is 4. The van der Waals surface area contributed by atoms with Crippen molar-refractivity contribution in [3.05, 3.63) is 63.9 Å². The number of amides is 1. The van der Waals surface area contributed by atoms with Crippen LogP contribution in [0.3, 0.4) is 0 Å². The van der Waals surface area contributed by atoms with Crippen LogP contribution in [-0.2, 0) is 16.8 Å². The van der Waals surface area contributed by atoms with Crippen LogP contribution in [0.1, 0.15) is 38.8 Å². The minimum absolute atomic E-state index is 0.0640. The van der Waals surface area contributed by atoms with Crippen LogP contribution in [0.4, 0.5) is 0 Å². The van der Waals surface area contributed by atoms with Gasteiger partial charge in [0.15, 0.2) is 5.82 Å². The third kappa shape index (κ3) is 3.34.